The first-order chi connectivity index (χ1) is 11.2. The van der Waals surface area contributed by atoms with E-state index >= 15 is 0 Å². The Morgan fingerprint density at radius 3 is 2.78 bits per heavy atom. The van der Waals surface area contributed by atoms with Crippen molar-refractivity contribution in [1.82, 2.24) is 15.1 Å². The van der Waals surface area contributed by atoms with Crippen LogP contribution < -0.4 is 10.1 Å². The third-order valence-electron chi connectivity index (χ3n) is 3.97. The second kappa shape index (κ2) is 8.53. The van der Waals surface area contributed by atoms with E-state index in [1.165, 1.54) is 16.8 Å². The largest absolute Gasteiger partial charge is 0.494 e. The molecule has 124 valence electrons. The molecule has 0 saturated carbocycles. The number of benzene rings is 1. The Labute approximate surface area is 139 Å². The number of rotatable bonds is 9. The van der Waals surface area contributed by atoms with Crippen LogP contribution in [0.5, 0.6) is 5.75 Å². The summed E-state index contributed by atoms with van der Waals surface area (Å²) >= 11 is 0. The summed E-state index contributed by atoms with van der Waals surface area (Å²) in [4.78, 5) is 0. The van der Waals surface area contributed by atoms with Gasteiger partial charge in [0.1, 0.15) is 5.75 Å². The summed E-state index contributed by atoms with van der Waals surface area (Å²) in [6, 6.07) is 8.76. The minimum Gasteiger partial charge on any atom is -0.494 e. The molecule has 0 bridgehead atoms. The number of nitrogens with zero attached hydrogens (tertiary/aromatic N) is 2. The molecule has 1 heterocycles. The molecule has 0 amide bonds. The summed E-state index contributed by atoms with van der Waals surface area (Å²) in [5, 5.41) is 7.88. The zero-order valence-electron chi connectivity index (χ0n) is 14.4. The molecule has 23 heavy (non-hydrogen) atoms. The van der Waals surface area contributed by atoms with Gasteiger partial charge >= 0.3 is 0 Å². The van der Waals surface area contributed by atoms with Gasteiger partial charge in [-0.05, 0) is 43.0 Å². The molecular weight excluding hydrogens is 286 g/mol. The molecule has 0 aliphatic carbocycles. The molecule has 0 spiro atoms. The van der Waals surface area contributed by atoms with Gasteiger partial charge in [0.2, 0.25) is 0 Å². The number of aromatic nitrogens is 2. The Bertz CT molecular complexity index is 633. The number of hydrogen-bond donors (Lipinski definition) is 1. The SMILES string of the molecule is C=CCc1cc(CN[C@@H](CC)c2ccnn2C)ccc1OCC. The topological polar surface area (TPSA) is 39.1 Å². The molecular formula is C19H27N3O. The zero-order chi connectivity index (χ0) is 16.7. The summed E-state index contributed by atoms with van der Waals surface area (Å²) in [7, 11) is 1.98. The van der Waals surface area contributed by atoms with Gasteiger partial charge in [-0.15, -0.1) is 6.58 Å². The van der Waals surface area contributed by atoms with Gasteiger partial charge in [0.15, 0.2) is 0 Å². The molecule has 0 radical (unpaired) electrons. The standard InChI is InChI=1S/C19H27N3O/c1-5-8-16-13-15(9-10-19(16)23-7-3)14-20-17(6-2)18-11-12-21-22(18)4/h5,9-13,17,20H,1,6-8,14H2,2-4H3/t17-/m0/s1. The first-order valence-electron chi connectivity index (χ1n) is 8.26. The third kappa shape index (κ3) is 4.45. The lowest BCUT2D eigenvalue weighted by Crippen LogP contribution is -2.22. The number of allylic oxidation sites excluding steroid dienone is 1. The molecule has 1 aromatic heterocycles. The second-order valence-electron chi connectivity index (χ2n) is 5.59. The van der Waals surface area contributed by atoms with Crippen molar-refractivity contribution in [1.29, 1.82) is 0 Å². The minimum absolute atomic E-state index is 0.303. The highest BCUT2D eigenvalue weighted by Crippen LogP contribution is 2.22. The molecule has 0 saturated heterocycles. The van der Waals surface area contributed by atoms with Crippen molar-refractivity contribution in [2.75, 3.05) is 6.61 Å². The lowest BCUT2D eigenvalue weighted by Gasteiger charge is -2.18. The van der Waals surface area contributed by atoms with Gasteiger partial charge < -0.3 is 10.1 Å². The Kier molecular flexibility index (Phi) is 6.41. The van der Waals surface area contributed by atoms with E-state index in [2.05, 4.69) is 48.2 Å². The molecule has 0 aliphatic rings. The fourth-order valence-electron chi connectivity index (χ4n) is 2.78. The van der Waals surface area contributed by atoms with Crippen molar-refractivity contribution in [3.63, 3.8) is 0 Å². The Balaban J connectivity index is 2.08. The van der Waals surface area contributed by atoms with Gasteiger partial charge in [0.05, 0.1) is 12.3 Å². The van der Waals surface area contributed by atoms with Gasteiger partial charge in [-0.2, -0.15) is 5.10 Å². The highest BCUT2D eigenvalue weighted by atomic mass is 16.5. The number of ether oxygens (including phenoxy) is 1. The molecule has 1 atom stereocenters. The van der Waals surface area contributed by atoms with E-state index in [9.17, 15) is 0 Å². The second-order valence-corrected chi connectivity index (χ2v) is 5.59. The van der Waals surface area contributed by atoms with Crippen LogP contribution in [0.3, 0.4) is 0 Å². The van der Waals surface area contributed by atoms with Crippen LogP contribution in [0.25, 0.3) is 0 Å². The Morgan fingerprint density at radius 1 is 1.35 bits per heavy atom. The molecule has 0 aliphatic heterocycles. The lowest BCUT2D eigenvalue weighted by atomic mass is 10.1. The summed E-state index contributed by atoms with van der Waals surface area (Å²) in [6.45, 7) is 9.53. The Hall–Kier alpha value is -2.07. The van der Waals surface area contributed by atoms with E-state index in [0.717, 1.165) is 25.1 Å². The summed E-state index contributed by atoms with van der Waals surface area (Å²) in [5.74, 6) is 0.954. The first kappa shape index (κ1) is 17.3. The van der Waals surface area contributed by atoms with Crippen molar-refractivity contribution in [3.05, 3.63) is 59.9 Å². The summed E-state index contributed by atoms with van der Waals surface area (Å²) in [6.07, 6.45) is 5.61. The molecule has 4 nitrogen and oxygen atoms in total. The van der Waals surface area contributed by atoms with Gasteiger partial charge in [0, 0.05) is 25.8 Å². The average Bonchev–Trinajstić information content (AvgIpc) is 2.97. The maximum atomic E-state index is 5.69. The van der Waals surface area contributed by atoms with E-state index in [4.69, 9.17) is 4.74 Å². The van der Waals surface area contributed by atoms with E-state index < -0.39 is 0 Å². The average molecular weight is 313 g/mol. The maximum Gasteiger partial charge on any atom is 0.122 e. The fourth-order valence-corrected chi connectivity index (χ4v) is 2.78. The maximum absolute atomic E-state index is 5.69. The van der Waals surface area contributed by atoms with Gasteiger partial charge in [-0.1, -0.05) is 25.1 Å². The van der Waals surface area contributed by atoms with Gasteiger partial charge in [-0.3, -0.25) is 4.68 Å². The number of nitrogens with one attached hydrogen (secondary N) is 1. The van der Waals surface area contributed by atoms with Crippen LogP contribution in [0.2, 0.25) is 0 Å². The summed E-state index contributed by atoms with van der Waals surface area (Å²) < 4.78 is 7.62. The van der Waals surface area contributed by atoms with Crippen molar-refractivity contribution in [3.8, 4) is 5.75 Å². The monoisotopic (exact) mass is 313 g/mol. The molecule has 1 aromatic carbocycles. The van der Waals surface area contributed by atoms with Gasteiger partial charge in [-0.25, -0.2) is 0 Å². The van der Waals surface area contributed by atoms with Crippen LogP contribution in [0.15, 0.2) is 43.1 Å². The van der Waals surface area contributed by atoms with Crippen LogP contribution in [0.4, 0.5) is 0 Å². The fraction of sp³-hybridized carbons (Fsp3) is 0.421. The number of hydrogen-bond acceptors (Lipinski definition) is 3. The number of aryl methyl sites for hydroxylation is 1. The lowest BCUT2D eigenvalue weighted by molar-refractivity contribution is 0.337. The van der Waals surface area contributed by atoms with Crippen molar-refractivity contribution in [2.24, 2.45) is 7.05 Å². The van der Waals surface area contributed by atoms with E-state index in [1.807, 2.05) is 30.9 Å². The highest BCUT2D eigenvalue weighted by molar-refractivity contribution is 5.38. The summed E-state index contributed by atoms with van der Waals surface area (Å²) in [5.41, 5.74) is 3.66. The molecule has 1 N–H and O–H groups in total. The van der Waals surface area contributed by atoms with Crippen LogP contribution in [0.1, 0.15) is 43.1 Å². The van der Waals surface area contributed by atoms with E-state index in [-0.39, 0.29) is 0 Å². The van der Waals surface area contributed by atoms with Crippen molar-refractivity contribution < 1.29 is 4.74 Å². The third-order valence-corrected chi connectivity index (χ3v) is 3.97. The van der Waals surface area contributed by atoms with Crippen LogP contribution in [-0.4, -0.2) is 16.4 Å². The molecule has 2 aromatic rings. The van der Waals surface area contributed by atoms with Crippen LogP contribution in [0, 0.1) is 0 Å². The van der Waals surface area contributed by atoms with Crippen LogP contribution >= 0.6 is 0 Å². The van der Waals surface area contributed by atoms with Crippen LogP contribution in [-0.2, 0) is 20.0 Å². The predicted octanol–water partition coefficient (Wildman–Crippen LogP) is 3.79. The van der Waals surface area contributed by atoms with Crippen molar-refractivity contribution >= 4 is 0 Å². The Morgan fingerprint density at radius 2 is 2.17 bits per heavy atom. The molecule has 0 unspecified atom stereocenters. The molecule has 0 fully saturated rings. The predicted molar refractivity (Wildman–Crippen MR) is 94.6 cm³/mol. The van der Waals surface area contributed by atoms with Gasteiger partial charge in [0.25, 0.3) is 0 Å². The first-order valence-corrected chi connectivity index (χ1v) is 8.26. The molecule has 2 rings (SSSR count). The molecule has 4 heteroatoms. The quantitative estimate of drug-likeness (QED) is 0.716. The van der Waals surface area contributed by atoms with E-state index in [1.54, 1.807) is 0 Å². The zero-order valence-corrected chi connectivity index (χ0v) is 14.4. The smallest absolute Gasteiger partial charge is 0.122 e. The minimum atomic E-state index is 0.303. The highest BCUT2D eigenvalue weighted by Gasteiger charge is 2.12. The normalized spacial score (nSPS) is 12.1. The van der Waals surface area contributed by atoms with E-state index in [0.29, 0.717) is 12.6 Å². The van der Waals surface area contributed by atoms with Crippen molar-refractivity contribution in [2.45, 2.75) is 39.3 Å².